The SMILES string of the molecule is CS(=O)CCCNC(=O)CCc1ccc(N)cc1. The molecule has 0 heterocycles. The van der Waals surface area contributed by atoms with Gasteiger partial charge >= 0.3 is 0 Å². The number of aryl methyl sites for hydroxylation is 1. The first-order valence-electron chi connectivity index (χ1n) is 5.99. The number of nitrogens with two attached hydrogens (primary N) is 1. The first kappa shape index (κ1) is 14.7. The fourth-order valence-corrected chi connectivity index (χ4v) is 2.08. The fourth-order valence-electron chi connectivity index (χ4n) is 1.53. The summed E-state index contributed by atoms with van der Waals surface area (Å²) in [5.41, 5.74) is 7.42. The van der Waals surface area contributed by atoms with Crippen molar-refractivity contribution in [1.29, 1.82) is 0 Å². The van der Waals surface area contributed by atoms with Crippen LogP contribution in [0.15, 0.2) is 24.3 Å². The highest BCUT2D eigenvalue weighted by molar-refractivity contribution is 7.84. The van der Waals surface area contributed by atoms with Crippen molar-refractivity contribution in [2.24, 2.45) is 0 Å². The van der Waals surface area contributed by atoms with E-state index in [9.17, 15) is 9.00 Å². The molecule has 5 heteroatoms. The highest BCUT2D eigenvalue weighted by Crippen LogP contribution is 2.07. The van der Waals surface area contributed by atoms with Gasteiger partial charge in [-0.05, 0) is 30.5 Å². The summed E-state index contributed by atoms with van der Waals surface area (Å²) < 4.78 is 10.8. The average Bonchev–Trinajstić information content (AvgIpc) is 2.34. The Bertz CT molecular complexity index is 404. The Morgan fingerprint density at radius 1 is 1.33 bits per heavy atom. The van der Waals surface area contributed by atoms with Crippen LogP contribution in [0.3, 0.4) is 0 Å². The normalized spacial score (nSPS) is 12.1. The number of nitrogens with one attached hydrogen (secondary N) is 1. The smallest absolute Gasteiger partial charge is 0.220 e. The molecule has 1 amide bonds. The third kappa shape index (κ3) is 6.39. The maximum Gasteiger partial charge on any atom is 0.220 e. The van der Waals surface area contributed by atoms with Crippen molar-refractivity contribution in [3.8, 4) is 0 Å². The standard InChI is InChI=1S/C13H20N2O2S/c1-18(17)10-2-9-15-13(16)8-5-11-3-6-12(14)7-4-11/h3-4,6-7H,2,5,8-10,14H2,1H3,(H,15,16). The van der Waals surface area contributed by atoms with E-state index in [1.807, 2.05) is 24.3 Å². The van der Waals surface area contributed by atoms with Crippen LogP contribution < -0.4 is 11.1 Å². The van der Waals surface area contributed by atoms with Gasteiger partial charge in [0.1, 0.15) is 0 Å². The number of anilines is 1. The van der Waals surface area contributed by atoms with Gasteiger partial charge in [0.2, 0.25) is 5.91 Å². The van der Waals surface area contributed by atoms with E-state index in [4.69, 9.17) is 5.73 Å². The Labute approximate surface area is 110 Å². The monoisotopic (exact) mass is 268 g/mol. The first-order chi connectivity index (χ1) is 8.58. The summed E-state index contributed by atoms with van der Waals surface area (Å²) in [6.07, 6.45) is 3.62. The summed E-state index contributed by atoms with van der Waals surface area (Å²) >= 11 is 0. The van der Waals surface area contributed by atoms with E-state index in [0.717, 1.165) is 17.7 Å². The molecule has 0 aliphatic carbocycles. The van der Waals surface area contributed by atoms with Gasteiger partial charge in [-0.1, -0.05) is 12.1 Å². The Kier molecular flexibility index (Phi) is 6.43. The molecule has 100 valence electrons. The fraction of sp³-hybridized carbons (Fsp3) is 0.462. The number of carbonyl (C=O) groups excluding carboxylic acids is 1. The molecular formula is C13H20N2O2S. The third-order valence-corrected chi connectivity index (χ3v) is 3.41. The zero-order valence-electron chi connectivity index (χ0n) is 10.6. The molecule has 1 rings (SSSR count). The van der Waals surface area contributed by atoms with Crippen LogP contribution >= 0.6 is 0 Å². The highest BCUT2D eigenvalue weighted by Gasteiger charge is 2.02. The second-order valence-corrected chi connectivity index (χ2v) is 5.78. The largest absolute Gasteiger partial charge is 0.399 e. The molecule has 0 saturated heterocycles. The molecule has 0 aliphatic heterocycles. The number of amides is 1. The van der Waals surface area contributed by atoms with Crippen molar-refractivity contribution in [3.63, 3.8) is 0 Å². The summed E-state index contributed by atoms with van der Waals surface area (Å²) in [6.45, 7) is 0.597. The second kappa shape index (κ2) is 7.87. The van der Waals surface area contributed by atoms with E-state index < -0.39 is 10.8 Å². The number of carbonyl (C=O) groups is 1. The topological polar surface area (TPSA) is 72.2 Å². The predicted molar refractivity (Wildman–Crippen MR) is 75.7 cm³/mol. The lowest BCUT2D eigenvalue weighted by molar-refractivity contribution is -0.121. The molecule has 1 atom stereocenters. The zero-order valence-corrected chi connectivity index (χ0v) is 11.5. The van der Waals surface area contributed by atoms with Gasteiger partial charge in [-0.2, -0.15) is 0 Å². The van der Waals surface area contributed by atoms with Gasteiger partial charge in [0.25, 0.3) is 0 Å². The Balaban J connectivity index is 2.17. The third-order valence-electron chi connectivity index (χ3n) is 2.55. The van der Waals surface area contributed by atoms with Crippen molar-refractivity contribution >= 4 is 22.4 Å². The number of hydrogen-bond donors (Lipinski definition) is 2. The van der Waals surface area contributed by atoms with Crippen LogP contribution in [0.5, 0.6) is 0 Å². The number of rotatable bonds is 7. The maximum atomic E-state index is 11.5. The van der Waals surface area contributed by atoms with Crippen molar-refractivity contribution in [3.05, 3.63) is 29.8 Å². The summed E-state index contributed by atoms with van der Waals surface area (Å²) in [7, 11) is -0.779. The summed E-state index contributed by atoms with van der Waals surface area (Å²) in [4.78, 5) is 11.5. The molecule has 18 heavy (non-hydrogen) atoms. The van der Waals surface area contributed by atoms with E-state index in [1.54, 1.807) is 6.26 Å². The van der Waals surface area contributed by atoms with Gasteiger partial charge < -0.3 is 11.1 Å². The van der Waals surface area contributed by atoms with E-state index in [1.165, 1.54) is 0 Å². The Morgan fingerprint density at radius 2 is 2.00 bits per heavy atom. The van der Waals surface area contributed by atoms with Crippen molar-refractivity contribution in [2.75, 3.05) is 24.3 Å². The van der Waals surface area contributed by atoms with Crippen LogP contribution in [-0.4, -0.2) is 28.7 Å². The molecule has 0 aliphatic rings. The molecule has 0 saturated carbocycles. The van der Waals surface area contributed by atoms with Gasteiger partial charge in [-0.3, -0.25) is 9.00 Å². The lowest BCUT2D eigenvalue weighted by atomic mass is 10.1. The summed E-state index contributed by atoms with van der Waals surface area (Å²) in [5, 5.41) is 2.82. The van der Waals surface area contributed by atoms with Gasteiger partial charge in [-0.25, -0.2) is 0 Å². The Morgan fingerprint density at radius 3 is 2.61 bits per heavy atom. The van der Waals surface area contributed by atoms with Crippen LogP contribution in [0.25, 0.3) is 0 Å². The molecule has 1 aromatic carbocycles. The molecular weight excluding hydrogens is 248 g/mol. The van der Waals surface area contributed by atoms with Gasteiger partial charge in [0.15, 0.2) is 0 Å². The first-order valence-corrected chi connectivity index (χ1v) is 7.72. The molecule has 0 bridgehead atoms. The van der Waals surface area contributed by atoms with Crippen LogP contribution in [0, 0.1) is 0 Å². The van der Waals surface area contributed by atoms with Gasteiger partial charge in [0.05, 0.1) is 0 Å². The van der Waals surface area contributed by atoms with Crippen molar-refractivity contribution in [1.82, 2.24) is 5.32 Å². The maximum absolute atomic E-state index is 11.5. The molecule has 1 unspecified atom stereocenters. The summed E-state index contributed by atoms with van der Waals surface area (Å²) in [5.74, 6) is 0.673. The van der Waals surface area contributed by atoms with E-state index in [-0.39, 0.29) is 5.91 Å². The van der Waals surface area contributed by atoms with Crippen LogP contribution in [0.1, 0.15) is 18.4 Å². The average molecular weight is 268 g/mol. The van der Waals surface area contributed by atoms with Gasteiger partial charge in [-0.15, -0.1) is 0 Å². The predicted octanol–water partition coefficient (Wildman–Crippen LogP) is 1.09. The zero-order chi connectivity index (χ0) is 13.4. The molecule has 3 N–H and O–H groups in total. The molecule has 1 aromatic rings. The molecule has 0 aromatic heterocycles. The minimum Gasteiger partial charge on any atom is -0.399 e. The molecule has 0 fully saturated rings. The van der Waals surface area contributed by atoms with Crippen molar-refractivity contribution in [2.45, 2.75) is 19.3 Å². The van der Waals surface area contributed by atoms with Crippen LogP contribution in [0.2, 0.25) is 0 Å². The molecule has 0 spiro atoms. The molecule has 0 radical (unpaired) electrons. The number of nitrogen functional groups attached to an aromatic ring is 1. The van der Waals surface area contributed by atoms with Crippen LogP contribution in [-0.2, 0) is 22.0 Å². The molecule has 4 nitrogen and oxygen atoms in total. The quantitative estimate of drug-likeness (QED) is 0.574. The minimum atomic E-state index is -0.779. The number of hydrogen-bond acceptors (Lipinski definition) is 3. The highest BCUT2D eigenvalue weighted by atomic mass is 32.2. The Hall–Kier alpha value is -1.36. The van der Waals surface area contributed by atoms with E-state index >= 15 is 0 Å². The summed E-state index contributed by atoms with van der Waals surface area (Å²) in [6, 6.07) is 7.54. The van der Waals surface area contributed by atoms with Gasteiger partial charge in [0, 0.05) is 41.5 Å². The van der Waals surface area contributed by atoms with E-state index in [2.05, 4.69) is 5.32 Å². The number of benzene rings is 1. The lowest BCUT2D eigenvalue weighted by Crippen LogP contribution is -2.25. The van der Waals surface area contributed by atoms with Crippen molar-refractivity contribution < 1.29 is 9.00 Å². The van der Waals surface area contributed by atoms with Crippen LogP contribution in [0.4, 0.5) is 5.69 Å². The lowest BCUT2D eigenvalue weighted by Gasteiger charge is -2.05. The minimum absolute atomic E-state index is 0.0358. The second-order valence-electron chi connectivity index (χ2n) is 4.22. The van der Waals surface area contributed by atoms with E-state index in [0.29, 0.717) is 25.1 Å².